The van der Waals surface area contributed by atoms with Gasteiger partial charge in [0.2, 0.25) is 0 Å². The molecule has 32 heavy (non-hydrogen) atoms. The highest BCUT2D eigenvalue weighted by molar-refractivity contribution is 7.98. The lowest BCUT2D eigenvalue weighted by molar-refractivity contribution is -0.142. The van der Waals surface area contributed by atoms with Crippen LogP contribution in [0.25, 0.3) is 11.1 Å². The number of carbonyl (C=O) groups is 2. The molecule has 0 radical (unpaired) electrons. The standard InChI is InChI=1S/C25H26N2O3S2/c1-30-25(29)23(13-15-31-2)27-24(28)21-12-11-20(32-17-19-10-6-7-14-26-19)16-22(21)18-8-4-3-5-9-18/h3-12,14,16,23H,13,15,17H2,1-2H3,(H,27,28)/t23-/m0/s1. The molecule has 0 saturated carbocycles. The number of hydrogen-bond donors (Lipinski definition) is 1. The SMILES string of the molecule is COC(=O)[C@H](CCSC)NC(=O)c1ccc(SCc2ccccn2)cc1-c1ccccc1. The summed E-state index contributed by atoms with van der Waals surface area (Å²) in [4.78, 5) is 30.8. The third-order valence-electron chi connectivity index (χ3n) is 4.83. The normalized spacial score (nSPS) is 11.6. The molecule has 0 aliphatic rings. The van der Waals surface area contributed by atoms with Gasteiger partial charge in [0.05, 0.1) is 12.8 Å². The van der Waals surface area contributed by atoms with Crippen LogP contribution >= 0.6 is 23.5 Å². The van der Waals surface area contributed by atoms with Gasteiger partial charge in [-0.3, -0.25) is 9.78 Å². The highest BCUT2D eigenvalue weighted by Crippen LogP contribution is 2.31. The molecule has 1 N–H and O–H groups in total. The molecule has 0 aliphatic carbocycles. The van der Waals surface area contributed by atoms with Crippen LogP contribution in [0.5, 0.6) is 0 Å². The van der Waals surface area contributed by atoms with E-state index in [4.69, 9.17) is 4.74 Å². The number of carbonyl (C=O) groups excluding carboxylic acids is 2. The largest absolute Gasteiger partial charge is 0.467 e. The van der Waals surface area contributed by atoms with Gasteiger partial charge < -0.3 is 10.1 Å². The summed E-state index contributed by atoms with van der Waals surface area (Å²) in [6.07, 6.45) is 4.26. The Balaban J connectivity index is 1.86. The molecule has 3 aromatic rings. The van der Waals surface area contributed by atoms with E-state index in [1.54, 1.807) is 29.7 Å². The number of nitrogens with one attached hydrogen (secondary N) is 1. The fourth-order valence-corrected chi connectivity index (χ4v) is 4.49. The van der Waals surface area contributed by atoms with Crippen molar-refractivity contribution in [3.05, 3.63) is 84.2 Å². The Labute approximate surface area is 197 Å². The Morgan fingerprint density at radius 3 is 2.53 bits per heavy atom. The van der Waals surface area contributed by atoms with E-state index in [1.807, 2.05) is 73.0 Å². The molecule has 3 rings (SSSR count). The molecular formula is C25H26N2O3S2. The van der Waals surface area contributed by atoms with Crippen LogP contribution in [-0.4, -0.2) is 42.0 Å². The van der Waals surface area contributed by atoms with Gasteiger partial charge in [-0.1, -0.05) is 36.4 Å². The van der Waals surface area contributed by atoms with Gasteiger partial charge in [0.15, 0.2) is 0 Å². The van der Waals surface area contributed by atoms with E-state index in [-0.39, 0.29) is 5.91 Å². The summed E-state index contributed by atoms with van der Waals surface area (Å²) in [5, 5.41) is 2.86. The molecule has 7 heteroatoms. The number of ether oxygens (including phenoxy) is 1. The number of aromatic nitrogens is 1. The number of amides is 1. The molecule has 5 nitrogen and oxygen atoms in total. The topological polar surface area (TPSA) is 68.3 Å². The molecule has 0 bridgehead atoms. The van der Waals surface area contributed by atoms with Crippen molar-refractivity contribution in [1.29, 1.82) is 0 Å². The number of nitrogens with zero attached hydrogens (tertiary/aromatic N) is 1. The van der Waals surface area contributed by atoms with Crippen molar-refractivity contribution >= 4 is 35.4 Å². The summed E-state index contributed by atoms with van der Waals surface area (Å²) in [6.45, 7) is 0. The molecule has 166 valence electrons. The van der Waals surface area contributed by atoms with E-state index >= 15 is 0 Å². The lowest BCUT2D eigenvalue weighted by atomic mass is 9.99. The van der Waals surface area contributed by atoms with Crippen LogP contribution < -0.4 is 5.32 Å². The van der Waals surface area contributed by atoms with Crippen LogP contribution in [0.2, 0.25) is 0 Å². The summed E-state index contributed by atoms with van der Waals surface area (Å²) < 4.78 is 4.88. The molecular weight excluding hydrogens is 440 g/mol. The number of thioether (sulfide) groups is 2. The number of methoxy groups -OCH3 is 1. The first-order valence-corrected chi connectivity index (χ1v) is 12.6. The lowest BCUT2D eigenvalue weighted by Crippen LogP contribution is -2.42. The molecule has 1 heterocycles. The van der Waals surface area contributed by atoms with E-state index in [0.29, 0.717) is 12.0 Å². The number of pyridine rings is 1. The number of benzene rings is 2. The Morgan fingerprint density at radius 1 is 1.06 bits per heavy atom. The second kappa shape index (κ2) is 12.3. The van der Waals surface area contributed by atoms with Gasteiger partial charge in [0.25, 0.3) is 5.91 Å². The molecule has 2 aromatic carbocycles. The van der Waals surface area contributed by atoms with E-state index < -0.39 is 12.0 Å². The van der Waals surface area contributed by atoms with Crippen LogP contribution in [0.3, 0.4) is 0 Å². The van der Waals surface area contributed by atoms with Crippen LogP contribution in [0.15, 0.2) is 77.8 Å². The van der Waals surface area contributed by atoms with Crippen LogP contribution in [0.4, 0.5) is 0 Å². The van der Waals surface area contributed by atoms with E-state index in [0.717, 1.165) is 33.2 Å². The van der Waals surface area contributed by atoms with E-state index in [9.17, 15) is 9.59 Å². The minimum Gasteiger partial charge on any atom is -0.467 e. The summed E-state index contributed by atoms with van der Waals surface area (Å²) in [6, 6.07) is 20.7. The maximum atomic E-state index is 13.2. The van der Waals surface area contributed by atoms with Gasteiger partial charge in [-0.05, 0) is 59.9 Å². The summed E-state index contributed by atoms with van der Waals surface area (Å²) in [7, 11) is 1.34. The molecule has 1 atom stereocenters. The zero-order chi connectivity index (χ0) is 22.8. The first kappa shape index (κ1) is 23.9. The number of rotatable bonds is 10. The number of hydrogen-bond acceptors (Lipinski definition) is 6. The molecule has 0 unspecified atom stereocenters. The first-order valence-electron chi connectivity index (χ1n) is 10.2. The van der Waals surface area contributed by atoms with Gasteiger partial charge >= 0.3 is 5.97 Å². The average Bonchev–Trinajstić information content (AvgIpc) is 2.85. The predicted molar refractivity (Wildman–Crippen MR) is 132 cm³/mol. The van der Waals surface area contributed by atoms with Gasteiger partial charge in [0.1, 0.15) is 6.04 Å². The van der Waals surface area contributed by atoms with E-state index in [2.05, 4.69) is 10.3 Å². The maximum Gasteiger partial charge on any atom is 0.328 e. The summed E-state index contributed by atoms with van der Waals surface area (Å²) in [5.74, 6) is 0.756. The third kappa shape index (κ3) is 6.61. The monoisotopic (exact) mass is 466 g/mol. The third-order valence-corrected chi connectivity index (χ3v) is 6.51. The molecule has 1 amide bonds. The van der Waals surface area contributed by atoms with Crippen molar-refractivity contribution in [1.82, 2.24) is 10.3 Å². The molecule has 0 aliphatic heterocycles. The van der Waals surface area contributed by atoms with Crippen LogP contribution in [0.1, 0.15) is 22.5 Å². The van der Waals surface area contributed by atoms with Crippen LogP contribution in [0, 0.1) is 0 Å². The maximum absolute atomic E-state index is 13.2. The van der Waals surface area contributed by atoms with Crippen molar-refractivity contribution in [3.8, 4) is 11.1 Å². The fraction of sp³-hybridized carbons (Fsp3) is 0.240. The quantitative estimate of drug-likeness (QED) is 0.333. The van der Waals surface area contributed by atoms with Crippen molar-refractivity contribution in [2.24, 2.45) is 0 Å². The fourth-order valence-electron chi connectivity index (χ4n) is 3.17. The smallest absolute Gasteiger partial charge is 0.328 e. The Hall–Kier alpha value is -2.77. The highest BCUT2D eigenvalue weighted by Gasteiger charge is 2.23. The van der Waals surface area contributed by atoms with Crippen molar-refractivity contribution in [2.75, 3.05) is 19.1 Å². The van der Waals surface area contributed by atoms with Crippen molar-refractivity contribution in [2.45, 2.75) is 23.1 Å². The number of esters is 1. The zero-order valence-electron chi connectivity index (χ0n) is 18.1. The minimum atomic E-state index is -0.679. The Bertz CT molecular complexity index is 1030. The van der Waals surface area contributed by atoms with Gasteiger partial charge in [0, 0.05) is 22.4 Å². The lowest BCUT2D eigenvalue weighted by Gasteiger charge is -2.18. The first-order chi connectivity index (χ1) is 15.6. The Morgan fingerprint density at radius 2 is 1.84 bits per heavy atom. The van der Waals surface area contributed by atoms with Gasteiger partial charge in [-0.25, -0.2) is 4.79 Å². The molecule has 0 spiro atoms. The average molecular weight is 467 g/mol. The highest BCUT2D eigenvalue weighted by atomic mass is 32.2. The molecule has 0 saturated heterocycles. The van der Waals surface area contributed by atoms with Crippen LogP contribution in [-0.2, 0) is 15.3 Å². The minimum absolute atomic E-state index is 0.290. The second-order valence-electron chi connectivity index (χ2n) is 7.01. The second-order valence-corrected chi connectivity index (χ2v) is 9.05. The van der Waals surface area contributed by atoms with E-state index in [1.165, 1.54) is 7.11 Å². The summed E-state index contributed by atoms with van der Waals surface area (Å²) >= 11 is 3.28. The summed E-state index contributed by atoms with van der Waals surface area (Å²) in [5.41, 5.74) is 3.28. The van der Waals surface area contributed by atoms with Gasteiger partial charge in [-0.15, -0.1) is 11.8 Å². The predicted octanol–water partition coefficient (Wildman–Crippen LogP) is 5.07. The van der Waals surface area contributed by atoms with Gasteiger partial charge in [-0.2, -0.15) is 11.8 Å². The van der Waals surface area contributed by atoms with Crippen molar-refractivity contribution < 1.29 is 14.3 Å². The molecule has 1 aromatic heterocycles. The molecule has 0 fully saturated rings. The Kier molecular flexibility index (Phi) is 9.19. The van der Waals surface area contributed by atoms with Crippen molar-refractivity contribution in [3.63, 3.8) is 0 Å². The zero-order valence-corrected chi connectivity index (χ0v) is 19.7.